The number of aromatic nitrogens is 3. The largest absolute Gasteiger partial charge is 0.356 e. The van der Waals surface area contributed by atoms with E-state index < -0.39 is 0 Å². The van der Waals surface area contributed by atoms with Gasteiger partial charge in [-0.25, -0.2) is 9.97 Å². The van der Waals surface area contributed by atoms with Crippen LogP contribution in [0, 0.1) is 0 Å². The Labute approximate surface area is 115 Å². The third kappa shape index (κ3) is 2.59. The number of nitrogens with zero attached hydrogens (tertiary/aromatic N) is 3. The molecule has 0 aliphatic heterocycles. The van der Waals surface area contributed by atoms with E-state index in [0.29, 0.717) is 18.5 Å². The summed E-state index contributed by atoms with van der Waals surface area (Å²) in [6, 6.07) is 11.9. The van der Waals surface area contributed by atoms with E-state index in [1.165, 1.54) is 6.33 Å². The van der Waals surface area contributed by atoms with Gasteiger partial charge >= 0.3 is 0 Å². The maximum Gasteiger partial charge on any atom is 0.146 e. The monoisotopic (exact) mass is 273 g/mol. The highest BCUT2D eigenvalue weighted by Gasteiger charge is 2.06. The summed E-state index contributed by atoms with van der Waals surface area (Å²) < 4.78 is 7.58. The highest BCUT2D eigenvalue weighted by molar-refractivity contribution is 6.33. The molecule has 0 atom stereocenters. The molecule has 0 radical (unpaired) electrons. The Morgan fingerprint density at radius 2 is 1.95 bits per heavy atom. The number of hydrogen-bond donors (Lipinski definition) is 0. The van der Waals surface area contributed by atoms with Crippen LogP contribution < -0.4 is 0 Å². The quantitative estimate of drug-likeness (QED) is 0.685. The number of fused-ring (bicyclic) bond motifs is 1. The molecule has 3 aromatic rings. The van der Waals surface area contributed by atoms with Crippen molar-refractivity contribution >= 4 is 22.6 Å². The lowest BCUT2D eigenvalue weighted by Crippen LogP contribution is -2.02. The van der Waals surface area contributed by atoms with Gasteiger partial charge in [0.2, 0.25) is 0 Å². The zero-order chi connectivity index (χ0) is 13.1. The Morgan fingerprint density at radius 1 is 1.11 bits per heavy atom. The molecule has 19 heavy (non-hydrogen) atoms. The Bertz CT molecular complexity index is 681. The van der Waals surface area contributed by atoms with Gasteiger partial charge in [0.25, 0.3) is 0 Å². The lowest BCUT2D eigenvalue weighted by Gasteiger charge is -2.06. The predicted octanol–water partition coefficient (Wildman–Crippen LogP) is 3.26. The van der Waals surface area contributed by atoms with Crippen molar-refractivity contribution in [3.63, 3.8) is 0 Å². The van der Waals surface area contributed by atoms with Crippen molar-refractivity contribution in [3.8, 4) is 0 Å². The van der Waals surface area contributed by atoms with Crippen LogP contribution in [0.3, 0.4) is 0 Å². The molecule has 0 amide bonds. The van der Waals surface area contributed by atoms with E-state index in [0.717, 1.165) is 16.6 Å². The van der Waals surface area contributed by atoms with E-state index in [-0.39, 0.29) is 0 Å². The molecule has 96 valence electrons. The maximum absolute atomic E-state index is 6.00. The van der Waals surface area contributed by atoms with Crippen molar-refractivity contribution < 1.29 is 4.74 Å². The SMILES string of the molecule is Clc1ncnc2c1ccn2COCc1ccccc1. The second-order valence-electron chi connectivity index (χ2n) is 4.15. The fraction of sp³-hybridized carbons (Fsp3) is 0.143. The van der Waals surface area contributed by atoms with Crippen molar-refractivity contribution in [1.82, 2.24) is 14.5 Å². The molecule has 0 fully saturated rings. The van der Waals surface area contributed by atoms with Gasteiger partial charge in [0.1, 0.15) is 23.9 Å². The Hall–Kier alpha value is -1.91. The lowest BCUT2D eigenvalue weighted by atomic mass is 10.2. The smallest absolute Gasteiger partial charge is 0.146 e. The second kappa shape index (κ2) is 5.38. The Kier molecular flexibility index (Phi) is 3.44. The van der Waals surface area contributed by atoms with Gasteiger partial charge in [-0.3, -0.25) is 0 Å². The standard InChI is InChI=1S/C14H12ClN3O/c15-13-12-6-7-18(14(12)17-9-16-13)10-19-8-11-4-2-1-3-5-11/h1-7,9H,8,10H2. The summed E-state index contributed by atoms with van der Waals surface area (Å²) in [6.07, 6.45) is 3.36. The van der Waals surface area contributed by atoms with Crippen LogP contribution in [0.5, 0.6) is 0 Å². The molecule has 4 nitrogen and oxygen atoms in total. The molecule has 0 unspecified atom stereocenters. The first-order valence-electron chi connectivity index (χ1n) is 5.91. The summed E-state index contributed by atoms with van der Waals surface area (Å²) in [4.78, 5) is 8.16. The van der Waals surface area contributed by atoms with Gasteiger partial charge in [0, 0.05) is 6.20 Å². The van der Waals surface area contributed by atoms with Crippen LogP contribution in [0.1, 0.15) is 5.56 Å². The van der Waals surface area contributed by atoms with E-state index in [9.17, 15) is 0 Å². The third-order valence-corrected chi connectivity index (χ3v) is 3.15. The van der Waals surface area contributed by atoms with Crippen molar-refractivity contribution in [2.75, 3.05) is 0 Å². The molecule has 0 aliphatic carbocycles. The number of halogens is 1. The minimum atomic E-state index is 0.436. The second-order valence-corrected chi connectivity index (χ2v) is 4.51. The summed E-state index contributed by atoms with van der Waals surface area (Å²) in [5.74, 6) is 0. The Balaban J connectivity index is 1.71. The van der Waals surface area contributed by atoms with Gasteiger partial charge in [-0.05, 0) is 11.6 Å². The highest BCUT2D eigenvalue weighted by Crippen LogP contribution is 2.20. The van der Waals surface area contributed by atoms with E-state index in [1.54, 1.807) is 0 Å². The van der Waals surface area contributed by atoms with Crippen LogP contribution in [0.2, 0.25) is 5.15 Å². The zero-order valence-electron chi connectivity index (χ0n) is 10.2. The molecule has 0 saturated carbocycles. The van der Waals surface area contributed by atoms with Gasteiger partial charge in [-0.2, -0.15) is 0 Å². The summed E-state index contributed by atoms with van der Waals surface area (Å²) in [5.41, 5.74) is 1.93. The molecule has 0 bridgehead atoms. The minimum absolute atomic E-state index is 0.436. The zero-order valence-corrected chi connectivity index (χ0v) is 10.9. The summed E-state index contributed by atoms with van der Waals surface area (Å²) >= 11 is 6.00. The van der Waals surface area contributed by atoms with E-state index >= 15 is 0 Å². The number of hydrogen-bond acceptors (Lipinski definition) is 3. The normalized spacial score (nSPS) is 11.0. The van der Waals surface area contributed by atoms with Gasteiger partial charge in [-0.1, -0.05) is 41.9 Å². The molecular weight excluding hydrogens is 262 g/mol. The van der Waals surface area contributed by atoms with Crippen molar-refractivity contribution in [3.05, 3.63) is 59.6 Å². The van der Waals surface area contributed by atoms with E-state index in [1.807, 2.05) is 47.2 Å². The molecular formula is C14H12ClN3O. The first-order chi connectivity index (χ1) is 9.34. The van der Waals surface area contributed by atoms with Gasteiger partial charge in [0.05, 0.1) is 12.0 Å². The predicted molar refractivity (Wildman–Crippen MR) is 73.8 cm³/mol. The Morgan fingerprint density at radius 3 is 2.79 bits per heavy atom. The minimum Gasteiger partial charge on any atom is -0.356 e. The van der Waals surface area contributed by atoms with Gasteiger partial charge in [0.15, 0.2) is 0 Å². The highest BCUT2D eigenvalue weighted by atomic mass is 35.5. The molecule has 0 N–H and O–H groups in total. The average Bonchev–Trinajstić information content (AvgIpc) is 2.85. The summed E-state index contributed by atoms with van der Waals surface area (Å²) in [5, 5.41) is 1.30. The topological polar surface area (TPSA) is 39.9 Å². The summed E-state index contributed by atoms with van der Waals surface area (Å²) in [7, 11) is 0. The molecule has 2 heterocycles. The van der Waals surface area contributed by atoms with Crippen LogP contribution in [0.4, 0.5) is 0 Å². The number of rotatable bonds is 4. The van der Waals surface area contributed by atoms with Crippen LogP contribution in [-0.4, -0.2) is 14.5 Å². The first kappa shape index (κ1) is 12.1. The fourth-order valence-corrected chi connectivity index (χ4v) is 2.10. The molecule has 5 heteroatoms. The van der Waals surface area contributed by atoms with Crippen LogP contribution in [0.15, 0.2) is 48.9 Å². The van der Waals surface area contributed by atoms with Gasteiger partial charge in [-0.15, -0.1) is 0 Å². The third-order valence-electron chi connectivity index (χ3n) is 2.85. The maximum atomic E-state index is 6.00. The number of benzene rings is 1. The van der Waals surface area contributed by atoms with E-state index in [4.69, 9.17) is 16.3 Å². The van der Waals surface area contributed by atoms with Crippen molar-refractivity contribution in [1.29, 1.82) is 0 Å². The fourth-order valence-electron chi connectivity index (χ4n) is 1.91. The molecule has 0 saturated heterocycles. The average molecular weight is 274 g/mol. The first-order valence-corrected chi connectivity index (χ1v) is 6.29. The number of ether oxygens (including phenoxy) is 1. The molecule has 1 aromatic carbocycles. The van der Waals surface area contributed by atoms with Gasteiger partial charge < -0.3 is 9.30 Å². The molecule has 2 aromatic heterocycles. The molecule has 0 spiro atoms. The van der Waals surface area contributed by atoms with E-state index in [2.05, 4.69) is 9.97 Å². The van der Waals surface area contributed by atoms with Crippen molar-refractivity contribution in [2.24, 2.45) is 0 Å². The molecule has 0 aliphatic rings. The molecule has 3 rings (SSSR count). The lowest BCUT2D eigenvalue weighted by molar-refractivity contribution is 0.0664. The summed E-state index contributed by atoms with van der Waals surface area (Å²) in [6.45, 7) is 1.01. The van der Waals surface area contributed by atoms with Crippen molar-refractivity contribution in [2.45, 2.75) is 13.3 Å². The van der Waals surface area contributed by atoms with Crippen LogP contribution in [0.25, 0.3) is 11.0 Å². The van der Waals surface area contributed by atoms with Crippen LogP contribution in [-0.2, 0) is 18.1 Å². The van der Waals surface area contributed by atoms with Crippen LogP contribution >= 0.6 is 11.6 Å².